The lowest BCUT2D eigenvalue weighted by atomic mass is 9.98. The Hall–Kier alpha value is -3.27. The maximum Gasteiger partial charge on any atom is 0.274 e. The van der Waals surface area contributed by atoms with Crippen molar-refractivity contribution in [3.63, 3.8) is 0 Å². The molecule has 2 aliphatic rings. The second-order valence-electron chi connectivity index (χ2n) is 8.29. The van der Waals surface area contributed by atoms with E-state index in [4.69, 9.17) is 0 Å². The molecule has 2 amide bonds. The van der Waals surface area contributed by atoms with Crippen LogP contribution in [0.1, 0.15) is 57.3 Å². The number of hydrogen-bond donors (Lipinski definition) is 3. The van der Waals surface area contributed by atoms with Gasteiger partial charge in [-0.2, -0.15) is 0 Å². The van der Waals surface area contributed by atoms with Crippen molar-refractivity contribution >= 4 is 11.8 Å². The van der Waals surface area contributed by atoms with Gasteiger partial charge in [0, 0.05) is 31.4 Å². The van der Waals surface area contributed by atoms with Gasteiger partial charge in [-0.3, -0.25) is 14.4 Å². The van der Waals surface area contributed by atoms with Gasteiger partial charge in [0.1, 0.15) is 17.2 Å². The van der Waals surface area contributed by atoms with Crippen molar-refractivity contribution in [1.82, 2.24) is 14.8 Å². The van der Waals surface area contributed by atoms with Crippen LogP contribution in [0.15, 0.2) is 23.1 Å². The topological polar surface area (TPSA) is 112 Å². The minimum Gasteiger partial charge on any atom is -0.503 e. The van der Waals surface area contributed by atoms with Gasteiger partial charge in [-0.05, 0) is 43.9 Å². The van der Waals surface area contributed by atoms with E-state index in [1.807, 2.05) is 0 Å². The minimum absolute atomic E-state index is 0.199. The highest BCUT2D eigenvalue weighted by atomic mass is 19.1. The Kier molecular flexibility index (Phi) is 5.72. The summed E-state index contributed by atoms with van der Waals surface area (Å²) in [7, 11) is 0. The molecule has 170 valence electrons. The second kappa shape index (κ2) is 8.34. The summed E-state index contributed by atoms with van der Waals surface area (Å²) in [5.41, 5.74) is -1.65. The first kappa shape index (κ1) is 21.9. The number of amides is 2. The van der Waals surface area contributed by atoms with E-state index in [2.05, 4.69) is 5.32 Å². The van der Waals surface area contributed by atoms with Gasteiger partial charge in [0.2, 0.25) is 5.43 Å². The largest absolute Gasteiger partial charge is 0.503 e. The average molecular weight is 447 g/mol. The molecule has 0 radical (unpaired) electrons. The van der Waals surface area contributed by atoms with Crippen molar-refractivity contribution in [2.45, 2.75) is 44.9 Å². The summed E-state index contributed by atoms with van der Waals surface area (Å²) < 4.78 is 29.5. The highest BCUT2D eigenvalue weighted by Crippen LogP contribution is 2.31. The number of rotatable bonds is 3. The van der Waals surface area contributed by atoms with Crippen LogP contribution in [0.2, 0.25) is 0 Å². The number of aliphatic hydroxyl groups is 1. The zero-order valence-corrected chi connectivity index (χ0v) is 17.4. The number of aliphatic hydroxyl groups excluding tert-OH is 1. The molecule has 2 atom stereocenters. The van der Waals surface area contributed by atoms with Crippen LogP contribution in [0.4, 0.5) is 8.78 Å². The number of carbonyl (C=O) groups is 2. The lowest BCUT2D eigenvalue weighted by Crippen LogP contribution is -2.47. The number of aromatic hydroxyl groups is 1. The molecule has 2 aliphatic heterocycles. The molecule has 4 rings (SSSR count). The zero-order valence-electron chi connectivity index (χ0n) is 17.4. The number of hydrogen-bond acceptors (Lipinski definition) is 5. The molecule has 2 aromatic rings. The molecule has 8 nitrogen and oxygen atoms in total. The number of aromatic nitrogens is 1. The summed E-state index contributed by atoms with van der Waals surface area (Å²) in [5.74, 6) is -3.98. The van der Waals surface area contributed by atoms with E-state index in [1.54, 1.807) is 0 Å². The van der Waals surface area contributed by atoms with Crippen molar-refractivity contribution in [2.24, 2.45) is 0 Å². The fourth-order valence-electron chi connectivity index (χ4n) is 4.28. The second-order valence-corrected chi connectivity index (χ2v) is 8.29. The molecule has 32 heavy (non-hydrogen) atoms. The molecular weight excluding hydrogens is 424 g/mol. The van der Waals surface area contributed by atoms with Gasteiger partial charge in [0.05, 0.1) is 12.1 Å². The zero-order chi connectivity index (χ0) is 23.2. The van der Waals surface area contributed by atoms with Crippen molar-refractivity contribution in [3.8, 4) is 5.75 Å². The normalized spacial score (nSPS) is 20.4. The third-order valence-corrected chi connectivity index (χ3v) is 6.05. The van der Waals surface area contributed by atoms with Gasteiger partial charge in [-0.1, -0.05) is 0 Å². The van der Waals surface area contributed by atoms with Crippen LogP contribution in [0.3, 0.4) is 0 Å². The maximum atomic E-state index is 14.1. The van der Waals surface area contributed by atoms with Gasteiger partial charge in [-0.25, -0.2) is 8.78 Å². The maximum absolute atomic E-state index is 14.1. The van der Waals surface area contributed by atoms with E-state index < -0.39 is 52.8 Å². The van der Waals surface area contributed by atoms with Crippen LogP contribution >= 0.6 is 0 Å². The number of halogens is 2. The first-order valence-corrected chi connectivity index (χ1v) is 10.4. The van der Waals surface area contributed by atoms with E-state index in [0.717, 1.165) is 12.1 Å². The lowest BCUT2D eigenvalue weighted by molar-refractivity contribution is 0.0521. The van der Waals surface area contributed by atoms with E-state index in [1.165, 1.54) is 22.6 Å². The van der Waals surface area contributed by atoms with Crippen LogP contribution in [-0.2, 0) is 6.54 Å². The molecule has 10 heteroatoms. The third-order valence-electron chi connectivity index (χ3n) is 6.05. The van der Waals surface area contributed by atoms with Gasteiger partial charge in [-0.15, -0.1) is 0 Å². The van der Waals surface area contributed by atoms with Crippen molar-refractivity contribution < 1.29 is 28.6 Å². The van der Waals surface area contributed by atoms with Crippen LogP contribution in [0, 0.1) is 18.6 Å². The van der Waals surface area contributed by atoms with Crippen LogP contribution in [0.5, 0.6) is 5.75 Å². The standard InChI is InChI=1S/C22H23F2N3O5/c1-11-6-16(23)14(17(24)7-11)8-25-21(31)15-10-27-12-2-3-13(28)4-5-26(9-12)22(32)18(27)20(30)19(15)29/h6-7,10,12-13,28,30H,2-5,8-9H2,1H3,(H,25,31)/t12-,13-/m0/s1. The quantitative estimate of drug-likeness (QED) is 0.662. The van der Waals surface area contributed by atoms with E-state index in [9.17, 15) is 33.4 Å². The van der Waals surface area contributed by atoms with Gasteiger partial charge < -0.3 is 25.0 Å². The van der Waals surface area contributed by atoms with Crippen molar-refractivity contribution in [2.75, 3.05) is 13.1 Å². The number of nitrogens with one attached hydrogen (secondary N) is 1. The molecule has 0 spiro atoms. The molecule has 0 saturated carbocycles. The number of fused-ring (bicyclic) bond motifs is 4. The van der Waals surface area contributed by atoms with Crippen LogP contribution in [-0.4, -0.2) is 50.7 Å². The molecule has 1 fully saturated rings. The number of nitrogens with zero attached hydrogens (tertiary/aromatic N) is 2. The molecule has 2 bridgehead atoms. The molecule has 3 N–H and O–H groups in total. The number of pyridine rings is 1. The first-order chi connectivity index (χ1) is 15.2. The molecular formula is C22H23F2N3O5. The summed E-state index contributed by atoms with van der Waals surface area (Å²) in [6.45, 7) is 1.64. The Bertz CT molecular complexity index is 1140. The molecule has 1 aromatic heterocycles. The summed E-state index contributed by atoms with van der Waals surface area (Å²) in [6, 6.07) is 1.91. The van der Waals surface area contributed by atoms with Crippen LogP contribution in [0.25, 0.3) is 0 Å². The number of aryl methyl sites for hydroxylation is 1. The number of benzene rings is 1. The molecule has 0 aliphatic carbocycles. The average Bonchev–Trinajstić information content (AvgIpc) is 2.72. The Morgan fingerprint density at radius 1 is 1.19 bits per heavy atom. The van der Waals surface area contributed by atoms with Gasteiger partial charge in [0.25, 0.3) is 11.8 Å². The smallest absolute Gasteiger partial charge is 0.274 e. The Labute approximate surface area is 182 Å². The molecule has 3 heterocycles. The summed E-state index contributed by atoms with van der Waals surface area (Å²) >= 11 is 0. The summed E-state index contributed by atoms with van der Waals surface area (Å²) in [5, 5.41) is 22.8. The first-order valence-electron chi connectivity index (χ1n) is 10.4. The van der Waals surface area contributed by atoms with Gasteiger partial charge in [0.15, 0.2) is 11.4 Å². The predicted molar refractivity (Wildman–Crippen MR) is 109 cm³/mol. The fourth-order valence-corrected chi connectivity index (χ4v) is 4.28. The minimum atomic E-state index is -1.04. The summed E-state index contributed by atoms with van der Waals surface area (Å²) in [4.78, 5) is 39.6. The SMILES string of the molecule is Cc1cc(F)c(CNC(=O)c2cn3c(c(O)c2=O)C(=O)N2CC[C@@H](O)CC[C@H]3C2)c(F)c1. The summed E-state index contributed by atoms with van der Waals surface area (Å²) in [6.07, 6.45) is 1.95. The highest BCUT2D eigenvalue weighted by molar-refractivity contribution is 5.99. The van der Waals surface area contributed by atoms with Crippen LogP contribution < -0.4 is 10.7 Å². The van der Waals surface area contributed by atoms with Crippen molar-refractivity contribution in [3.05, 3.63) is 62.6 Å². The Balaban J connectivity index is 1.66. The molecule has 1 saturated heterocycles. The molecule has 1 aromatic carbocycles. The predicted octanol–water partition coefficient (Wildman–Crippen LogP) is 1.61. The monoisotopic (exact) mass is 447 g/mol. The number of carbonyl (C=O) groups excluding carboxylic acids is 2. The Morgan fingerprint density at radius 2 is 1.88 bits per heavy atom. The van der Waals surface area contributed by atoms with E-state index >= 15 is 0 Å². The third kappa shape index (κ3) is 3.86. The van der Waals surface area contributed by atoms with Crippen molar-refractivity contribution in [1.29, 1.82) is 0 Å². The molecule has 0 unspecified atom stereocenters. The van der Waals surface area contributed by atoms with E-state index in [-0.39, 0.29) is 17.3 Å². The Morgan fingerprint density at radius 3 is 2.56 bits per heavy atom. The van der Waals surface area contributed by atoms with Gasteiger partial charge >= 0.3 is 0 Å². The highest BCUT2D eigenvalue weighted by Gasteiger charge is 2.36. The lowest BCUT2D eigenvalue weighted by Gasteiger charge is -2.39. The van der Waals surface area contributed by atoms with E-state index in [0.29, 0.717) is 37.9 Å². The fraction of sp³-hybridized carbons (Fsp3) is 0.409.